The summed E-state index contributed by atoms with van der Waals surface area (Å²) < 4.78 is 5.21. The summed E-state index contributed by atoms with van der Waals surface area (Å²) in [6, 6.07) is 1.80. The molecule has 0 saturated heterocycles. The van der Waals surface area contributed by atoms with E-state index >= 15 is 0 Å². The van der Waals surface area contributed by atoms with E-state index in [1.807, 2.05) is 0 Å². The first-order valence-corrected chi connectivity index (χ1v) is 5.46. The molecule has 1 aliphatic carbocycles. The fourth-order valence-electron chi connectivity index (χ4n) is 1.79. The third kappa shape index (κ3) is 2.08. The smallest absolute Gasteiger partial charge is 0.217 e. The lowest BCUT2D eigenvalue weighted by Gasteiger charge is -2.15. The van der Waals surface area contributed by atoms with Gasteiger partial charge in [-0.05, 0) is 37.3 Å². The molecule has 1 fully saturated rings. The van der Waals surface area contributed by atoms with Crippen LogP contribution in [0.1, 0.15) is 18.4 Å². The lowest BCUT2D eigenvalue weighted by molar-refractivity contribution is 0.385. The molecule has 1 saturated carbocycles. The number of hydrogen-bond donors (Lipinski definition) is 1. The lowest BCUT2D eigenvalue weighted by atomic mass is 9.97. The Balaban J connectivity index is 2.26. The van der Waals surface area contributed by atoms with Gasteiger partial charge in [-0.1, -0.05) is 11.6 Å². The number of hydrogen-bond acceptors (Lipinski definition) is 3. The van der Waals surface area contributed by atoms with Crippen LogP contribution in [0.3, 0.4) is 0 Å². The number of halogens is 1. The van der Waals surface area contributed by atoms with Crippen molar-refractivity contribution in [2.24, 2.45) is 11.1 Å². The molecule has 1 aromatic heterocycles. The number of nitrogens with two attached hydrogens (primary N) is 1. The van der Waals surface area contributed by atoms with Crippen molar-refractivity contribution in [1.82, 2.24) is 4.98 Å². The molecule has 0 unspecified atom stereocenters. The zero-order valence-electron chi connectivity index (χ0n) is 8.79. The highest BCUT2D eigenvalue weighted by Crippen LogP contribution is 2.49. The molecule has 0 aliphatic heterocycles. The second-order valence-electron chi connectivity index (χ2n) is 4.16. The minimum Gasteiger partial charge on any atom is -0.481 e. The zero-order valence-corrected chi connectivity index (χ0v) is 9.55. The molecule has 0 atom stereocenters. The first-order chi connectivity index (χ1) is 7.21. The molecule has 15 heavy (non-hydrogen) atoms. The van der Waals surface area contributed by atoms with Crippen molar-refractivity contribution in [3.63, 3.8) is 0 Å². The highest BCUT2D eigenvalue weighted by molar-refractivity contribution is 6.31. The van der Waals surface area contributed by atoms with Crippen molar-refractivity contribution >= 4 is 11.6 Å². The molecule has 1 aliphatic rings. The summed E-state index contributed by atoms with van der Waals surface area (Å²) in [6.07, 6.45) is 4.89. The van der Waals surface area contributed by atoms with Crippen molar-refractivity contribution in [1.29, 1.82) is 0 Å². The van der Waals surface area contributed by atoms with Crippen molar-refractivity contribution in [2.45, 2.75) is 19.3 Å². The summed E-state index contributed by atoms with van der Waals surface area (Å²) >= 11 is 6.14. The van der Waals surface area contributed by atoms with Crippen molar-refractivity contribution in [3.8, 4) is 5.88 Å². The Morgan fingerprint density at radius 1 is 1.60 bits per heavy atom. The van der Waals surface area contributed by atoms with Crippen LogP contribution >= 0.6 is 11.6 Å². The summed E-state index contributed by atoms with van der Waals surface area (Å²) in [5, 5.41) is 0.724. The van der Waals surface area contributed by atoms with Crippen LogP contribution in [-0.2, 0) is 6.42 Å². The van der Waals surface area contributed by atoms with Gasteiger partial charge in [0.1, 0.15) is 0 Å². The van der Waals surface area contributed by atoms with Gasteiger partial charge in [0.05, 0.1) is 12.1 Å². The monoisotopic (exact) mass is 226 g/mol. The third-order valence-corrected chi connectivity index (χ3v) is 3.45. The number of pyridine rings is 1. The maximum atomic E-state index is 6.14. The Hall–Kier alpha value is -0.800. The molecule has 0 amide bonds. The molecule has 82 valence electrons. The van der Waals surface area contributed by atoms with Crippen molar-refractivity contribution in [2.75, 3.05) is 13.7 Å². The minimum absolute atomic E-state index is 0.250. The van der Waals surface area contributed by atoms with Gasteiger partial charge in [-0.25, -0.2) is 4.98 Å². The van der Waals surface area contributed by atoms with Gasteiger partial charge in [0.2, 0.25) is 5.88 Å². The fraction of sp³-hybridized carbons (Fsp3) is 0.545. The number of methoxy groups -OCH3 is 1. The molecule has 2 rings (SSSR count). The average Bonchev–Trinajstić information content (AvgIpc) is 3.02. The highest BCUT2D eigenvalue weighted by Gasteiger charge is 2.42. The van der Waals surface area contributed by atoms with E-state index in [1.54, 1.807) is 19.4 Å². The van der Waals surface area contributed by atoms with E-state index in [1.165, 1.54) is 12.8 Å². The Morgan fingerprint density at radius 3 is 2.87 bits per heavy atom. The van der Waals surface area contributed by atoms with Crippen LogP contribution in [-0.4, -0.2) is 18.6 Å². The maximum absolute atomic E-state index is 6.14. The fourth-order valence-corrected chi connectivity index (χ4v) is 2.00. The molecule has 0 aromatic carbocycles. The molecule has 0 spiro atoms. The first kappa shape index (κ1) is 10.7. The Morgan fingerprint density at radius 2 is 2.33 bits per heavy atom. The molecule has 2 N–H and O–H groups in total. The lowest BCUT2D eigenvalue weighted by Crippen LogP contribution is -2.18. The molecule has 4 heteroatoms. The van der Waals surface area contributed by atoms with Gasteiger partial charge >= 0.3 is 0 Å². The summed E-state index contributed by atoms with van der Waals surface area (Å²) in [5.74, 6) is 0.627. The number of rotatable bonds is 4. The highest BCUT2D eigenvalue weighted by atomic mass is 35.5. The van der Waals surface area contributed by atoms with Gasteiger partial charge in [0, 0.05) is 11.8 Å². The second-order valence-corrected chi connectivity index (χ2v) is 4.57. The topological polar surface area (TPSA) is 48.1 Å². The average molecular weight is 227 g/mol. The van der Waals surface area contributed by atoms with E-state index in [0.29, 0.717) is 12.4 Å². The van der Waals surface area contributed by atoms with Gasteiger partial charge < -0.3 is 10.5 Å². The molecule has 0 radical (unpaired) electrons. The van der Waals surface area contributed by atoms with Crippen LogP contribution in [0.5, 0.6) is 5.88 Å². The van der Waals surface area contributed by atoms with Crippen LogP contribution < -0.4 is 10.5 Å². The van der Waals surface area contributed by atoms with Gasteiger partial charge in [0.15, 0.2) is 0 Å². The predicted molar refractivity (Wildman–Crippen MR) is 60.2 cm³/mol. The predicted octanol–water partition coefficient (Wildman–Crippen LogP) is 2.02. The quantitative estimate of drug-likeness (QED) is 0.855. The SMILES string of the molecule is COc1nccc(Cl)c1CC1(CN)CC1. The van der Waals surface area contributed by atoms with Crippen molar-refractivity contribution in [3.05, 3.63) is 22.8 Å². The van der Waals surface area contributed by atoms with Crippen LogP contribution in [0, 0.1) is 5.41 Å². The van der Waals surface area contributed by atoms with Crippen LogP contribution in [0.15, 0.2) is 12.3 Å². The van der Waals surface area contributed by atoms with Crippen LogP contribution in [0.2, 0.25) is 5.02 Å². The molecule has 3 nitrogen and oxygen atoms in total. The van der Waals surface area contributed by atoms with E-state index in [0.717, 1.165) is 17.0 Å². The molecule has 1 aromatic rings. The Labute approximate surface area is 94.6 Å². The third-order valence-electron chi connectivity index (χ3n) is 3.09. The summed E-state index contributed by atoms with van der Waals surface area (Å²) in [6.45, 7) is 0.710. The van der Waals surface area contributed by atoms with Gasteiger partial charge in [0.25, 0.3) is 0 Å². The molecule has 0 bridgehead atoms. The van der Waals surface area contributed by atoms with E-state index in [-0.39, 0.29) is 5.41 Å². The minimum atomic E-state index is 0.250. The maximum Gasteiger partial charge on any atom is 0.217 e. The molecular formula is C11H15ClN2O. The van der Waals surface area contributed by atoms with Crippen LogP contribution in [0.25, 0.3) is 0 Å². The normalized spacial score (nSPS) is 17.5. The van der Waals surface area contributed by atoms with E-state index < -0.39 is 0 Å². The van der Waals surface area contributed by atoms with Gasteiger partial charge in [-0.3, -0.25) is 0 Å². The number of aromatic nitrogens is 1. The molecule has 1 heterocycles. The first-order valence-electron chi connectivity index (χ1n) is 5.08. The largest absolute Gasteiger partial charge is 0.481 e. The number of nitrogens with zero attached hydrogens (tertiary/aromatic N) is 1. The Kier molecular flexibility index (Phi) is 2.85. The van der Waals surface area contributed by atoms with E-state index in [9.17, 15) is 0 Å². The number of ether oxygens (including phenoxy) is 1. The zero-order chi connectivity index (χ0) is 10.9. The van der Waals surface area contributed by atoms with Crippen molar-refractivity contribution < 1.29 is 4.74 Å². The standard InChI is InChI=1S/C11H15ClN2O/c1-15-10-8(9(12)2-5-14-10)6-11(7-13)3-4-11/h2,5H,3-4,6-7,13H2,1H3. The van der Waals surface area contributed by atoms with E-state index in [4.69, 9.17) is 22.1 Å². The van der Waals surface area contributed by atoms with E-state index in [2.05, 4.69) is 4.98 Å². The van der Waals surface area contributed by atoms with Crippen LogP contribution in [0.4, 0.5) is 0 Å². The summed E-state index contributed by atoms with van der Waals surface area (Å²) in [7, 11) is 1.62. The van der Waals surface area contributed by atoms with Gasteiger partial charge in [-0.2, -0.15) is 0 Å². The van der Waals surface area contributed by atoms with Gasteiger partial charge in [-0.15, -0.1) is 0 Å². The molecular weight excluding hydrogens is 212 g/mol. The second kappa shape index (κ2) is 3.99. The summed E-state index contributed by atoms with van der Waals surface area (Å²) in [4.78, 5) is 4.16. The summed E-state index contributed by atoms with van der Waals surface area (Å²) in [5.41, 5.74) is 6.99. The Bertz CT molecular complexity index is 364.